The molecule has 0 saturated heterocycles. The average Bonchev–Trinajstić information content (AvgIpc) is 2.42. The lowest BCUT2D eigenvalue weighted by Crippen LogP contribution is -2.37. The maximum Gasteiger partial charge on any atom is 0.155 e. The van der Waals surface area contributed by atoms with Crippen molar-refractivity contribution in [3.63, 3.8) is 0 Å². The molecule has 1 aliphatic heterocycles. The first kappa shape index (κ1) is 13.7. The Balaban J connectivity index is 2.11. The van der Waals surface area contributed by atoms with Gasteiger partial charge in [-0.15, -0.1) is 0 Å². The molecule has 1 heterocycles. The molecular weight excluding hydrogens is 238 g/mol. The Labute approximate surface area is 115 Å². The predicted molar refractivity (Wildman–Crippen MR) is 81.0 cm³/mol. The van der Waals surface area contributed by atoms with Gasteiger partial charge in [-0.25, -0.2) is 0 Å². The lowest BCUT2D eigenvalue weighted by molar-refractivity contribution is 0.258. The van der Waals surface area contributed by atoms with Crippen LogP contribution in [0.4, 0.5) is 11.4 Å². The zero-order valence-electron chi connectivity index (χ0n) is 11.8. The lowest BCUT2D eigenvalue weighted by atomic mass is 10.1. The van der Waals surface area contributed by atoms with Gasteiger partial charge in [0, 0.05) is 12.2 Å². The van der Waals surface area contributed by atoms with E-state index in [0.717, 1.165) is 42.3 Å². The van der Waals surface area contributed by atoms with Gasteiger partial charge in [-0.2, -0.15) is 0 Å². The molecule has 0 saturated carbocycles. The van der Waals surface area contributed by atoms with Gasteiger partial charge < -0.3 is 15.8 Å². The fourth-order valence-electron chi connectivity index (χ4n) is 2.15. The summed E-state index contributed by atoms with van der Waals surface area (Å²) in [4.78, 5) is 4.64. The van der Waals surface area contributed by atoms with E-state index < -0.39 is 0 Å². The number of fused-ring (bicyclic) bond motifs is 1. The number of nitrogens with zero attached hydrogens (tertiary/aromatic N) is 1. The third-order valence-electron chi connectivity index (χ3n) is 3.26. The molecule has 0 radical (unpaired) electrons. The van der Waals surface area contributed by atoms with E-state index in [-0.39, 0.29) is 6.10 Å². The SMILES string of the molecule is CCCCCN=C1Nc2cc(N)ccc2OC1CC. The minimum Gasteiger partial charge on any atom is -0.480 e. The van der Waals surface area contributed by atoms with Crippen LogP contribution in [-0.2, 0) is 0 Å². The summed E-state index contributed by atoms with van der Waals surface area (Å²) in [6.07, 6.45) is 4.49. The number of rotatable bonds is 5. The van der Waals surface area contributed by atoms with E-state index in [1.165, 1.54) is 12.8 Å². The van der Waals surface area contributed by atoms with E-state index in [2.05, 4.69) is 24.2 Å². The molecule has 1 aromatic rings. The Morgan fingerprint density at radius 2 is 2.16 bits per heavy atom. The molecule has 1 unspecified atom stereocenters. The number of anilines is 2. The summed E-state index contributed by atoms with van der Waals surface area (Å²) in [5.41, 5.74) is 7.45. The molecule has 0 amide bonds. The number of hydrogen-bond acceptors (Lipinski definition) is 3. The van der Waals surface area contributed by atoms with Crippen molar-refractivity contribution in [2.75, 3.05) is 17.6 Å². The van der Waals surface area contributed by atoms with E-state index in [9.17, 15) is 0 Å². The third-order valence-corrected chi connectivity index (χ3v) is 3.26. The van der Waals surface area contributed by atoms with Gasteiger partial charge in [-0.1, -0.05) is 26.7 Å². The van der Waals surface area contributed by atoms with Gasteiger partial charge in [0.15, 0.2) is 6.10 Å². The van der Waals surface area contributed by atoms with E-state index in [1.807, 2.05) is 18.2 Å². The number of benzene rings is 1. The van der Waals surface area contributed by atoms with Gasteiger partial charge in [0.25, 0.3) is 0 Å². The second-order valence-electron chi connectivity index (χ2n) is 4.87. The Hall–Kier alpha value is -1.71. The number of ether oxygens (including phenoxy) is 1. The predicted octanol–water partition coefficient (Wildman–Crippen LogP) is 3.44. The molecule has 1 aromatic carbocycles. The van der Waals surface area contributed by atoms with E-state index in [4.69, 9.17) is 10.5 Å². The molecule has 104 valence electrons. The maximum atomic E-state index is 5.96. The molecule has 0 aromatic heterocycles. The van der Waals surface area contributed by atoms with Crippen LogP contribution in [0.15, 0.2) is 23.2 Å². The van der Waals surface area contributed by atoms with Crippen molar-refractivity contribution in [3.05, 3.63) is 18.2 Å². The van der Waals surface area contributed by atoms with Crippen molar-refractivity contribution in [3.8, 4) is 5.75 Å². The number of amidine groups is 1. The van der Waals surface area contributed by atoms with Crippen molar-refractivity contribution < 1.29 is 4.74 Å². The Morgan fingerprint density at radius 3 is 2.89 bits per heavy atom. The number of nitrogen functional groups attached to an aromatic ring is 1. The molecule has 1 atom stereocenters. The van der Waals surface area contributed by atoms with Gasteiger partial charge in [0.05, 0.1) is 5.69 Å². The quantitative estimate of drug-likeness (QED) is 0.630. The summed E-state index contributed by atoms with van der Waals surface area (Å²) in [6.45, 7) is 5.16. The van der Waals surface area contributed by atoms with Crippen LogP contribution >= 0.6 is 0 Å². The second kappa shape index (κ2) is 6.45. The van der Waals surface area contributed by atoms with Crippen LogP contribution in [0, 0.1) is 0 Å². The van der Waals surface area contributed by atoms with Crippen LogP contribution in [0.2, 0.25) is 0 Å². The fraction of sp³-hybridized carbons (Fsp3) is 0.533. The maximum absolute atomic E-state index is 5.96. The number of nitrogens with two attached hydrogens (primary N) is 1. The van der Waals surface area contributed by atoms with Gasteiger partial charge in [-0.3, -0.25) is 4.99 Å². The molecule has 4 heteroatoms. The van der Waals surface area contributed by atoms with Crippen LogP contribution in [0.3, 0.4) is 0 Å². The first-order valence-corrected chi connectivity index (χ1v) is 7.12. The third kappa shape index (κ3) is 3.40. The van der Waals surface area contributed by atoms with E-state index >= 15 is 0 Å². The molecule has 0 spiro atoms. The van der Waals surface area contributed by atoms with Gasteiger partial charge in [0.1, 0.15) is 11.6 Å². The van der Waals surface area contributed by atoms with Crippen molar-refractivity contribution in [1.82, 2.24) is 0 Å². The van der Waals surface area contributed by atoms with Crippen LogP contribution in [0.25, 0.3) is 0 Å². The Kier molecular flexibility index (Phi) is 4.66. The highest BCUT2D eigenvalue weighted by molar-refractivity contribution is 6.02. The minimum atomic E-state index is 0.0257. The highest BCUT2D eigenvalue weighted by atomic mass is 16.5. The largest absolute Gasteiger partial charge is 0.480 e. The Bertz CT molecular complexity index is 457. The fourth-order valence-corrected chi connectivity index (χ4v) is 2.15. The zero-order chi connectivity index (χ0) is 13.7. The average molecular weight is 261 g/mol. The van der Waals surface area contributed by atoms with E-state index in [1.54, 1.807) is 0 Å². The molecule has 0 bridgehead atoms. The summed E-state index contributed by atoms with van der Waals surface area (Å²) in [6, 6.07) is 5.66. The number of nitrogens with one attached hydrogen (secondary N) is 1. The van der Waals surface area contributed by atoms with Gasteiger partial charge in [-0.05, 0) is 31.0 Å². The molecule has 3 N–H and O–H groups in total. The molecule has 0 fully saturated rings. The van der Waals surface area contributed by atoms with Crippen LogP contribution < -0.4 is 15.8 Å². The topological polar surface area (TPSA) is 59.6 Å². The smallest absolute Gasteiger partial charge is 0.155 e. The number of unbranched alkanes of at least 4 members (excludes halogenated alkanes) is 2. The van der Waals surface area contributed by atoms with Crippen LogP contribution in [0.1, 0.15) is 39.5 Å². The number of aliphatic imine (C=N–C) groups is 1. The van der Waals surface area contributed by atoms with Gasteiger partial charge >= 0.3 is 0 Å². The molecule has 2 rings (SSSR count). The summed E-state index contributed by atoms with van der Waals surface area (Å²) >= 11 is 0. The van der Waals surface area contributed by atoms with Crippen molar-refractivity contribution in [1.29, 1.82) is 0 Å². The lowest BCUT2D eigenvalue weighted by Gasteiger charge is -2.28. The molecule has 19 heavy (non-hydrogen) atoms. The summed E-state index contributed by atoms with van der Waals surface area (Å²) in [7, 11) is 0. The second-order valence-corrected chi connectivity index (χ2v) is 4.87. The van der Waals surface area contributed by atoms with Crippen molar-refractivity contribution >= 4 is 17.2 Å². The van der Waals surface area contributed by atoms with E-state index in [0.29, 0.717) is 0 Å². The summed E-state index contributed by atoms with van der Waals surface area (Å²) in [5.74, 6) is 1.78. The Morgan fingerprint density at radius 1 is 1.32 bits per heavy atom. The van der Waals surface area contributed by atoms with Crippen molar-refractivity contribution in [2.24, 2.45) is 4.99 Å². The molecular formula is C15H23N3O. The molecule has 4 nitrogen and oxygen atoms in total. The molecule has 0 aliphatic carbocycles. The number of hydrogen-bond donors (Lipinski definition) is 2. The zero-order valence-corrected chi connectivity index (χ0v) is 11.8. The summed E-state index contributed by atoms with van der Waals surface area (Å²) in [5, 5.41) is 3.36. The first-order valence-electron chi connectivity index (χ1n) is 7.12. The monoisotopic (exact) mass is 261 g/mol. The first-order chi connectivity index (χ1) is 9.24. The minimum absolute atomic E-state index is 0.0257. The normalized spacial score (nSPS) is 19.7. The van der Waals surface area contributed by atoms with Gasteiger partial charge in [0.2, 0.25) is 0 Å². The standard InChI is InChI=1S/C15H23N3O/c1-3-5-6-9-17-15-13(4-2)19-14-8-7-11(16)10-12(14)18-15/h7-8,10,13H,3-6,9,16H2,1-2H3,(H,17,18). The van der Waals surface area contributed by atoms with Crippen LogP contribution in [-0.4, -0.2) is 18.5 Å². The van der Waals surface area contributed by atoms with Crippen molar-refractivity contribution in [2.45, 2.75) is 45.6 Å². The highest BCUT2D eigenvalue weighted by Crippen LogP contribution is 2.32. The van der Waals surface area contributed by atoms with Crippen LogP contribution in [0.5, 0.6) is 5.75 Å². The molecule has 1 aliphatic rings. The highest BCUT2D eigenvalue weighted by Gasteiger charge is 2.23. The summed E-state index contributed by atoms with van der Waals surface area (Å²) < 4.78 is 5.96.